The van der Waals surface area contributed by atoms with E-state index in [0.29, 0.717) is 30.4 Å². The van der Waals surface area contributed by atoms with Crippen LogP contribution < -0.4 is 5.32 Å². The van der Waals surface area contributed by atoms with Gasteiger partial charge in [-0.2, -0.15) is 5.10 Å². The van der Waals surface area contributed by atoms with Crippen LogP contribution in [-0.2, 0) is 17.9 Å². The first-order valence-electron chi connectivity index (χ1n) is 9.04. The summed E-state index contributed by atoms with van der Waals surface area (Å²) in [6.07, 6.45) is 0. The Balaban J connectivity index is 1.41. The Morgan fingerprint density at radius 2 is 1.82 bits per heavy atom. The lowest BCUT2D eigenvalue weighted by Crippen LogP contribution is -2.45. The van der Waals surface area contributed by atoms with E-state index >= 15 is 0 Å². The summed E-state index contributed by atoms with van der Waals surface area (Å²) in [7, 11) is 0. The first kappa shape index (κ1) is 18.3. The van der Waals surface area contributed by atoms with E-state index in [1.165, 1.54) is 0 Å². The highest BCUT2D eigenvalue weighted by Crippen LogP contribution is 2.23. The molecular formula is C21H19ClN4O2. The maximum atomic E-state index is 12.8. The first-order valence-corrected chi connectivity index (χ1v) is 9.41. The summed E-state index contributed by atoms with van der Waals surface area (Å²) in [5.74, 6) is -0.364. The number of carbonyl (C=O) groups excluding carboxylic acids is 2. The lowest BCUT2D eigenvalue weighted by molar-refractivity contribution is -0.122. The molecule has 0 saturated carbocycles. The fourth-order valence-electron chi connectivity index (χ4n) is 3.18. The number of benzene rings is 2. The molecule has 0 radical (unpaired) electrons. The summed E-state index contributed by atoms with van der Waals surface area (Å²) < 4.78 is 1.70. The Bertz CT molecular complexity index is 999. The average molecular weight is 395 g/mol. The summed E-state index contributed by atoms with van der Waals surface area (Å²) >= 11 is 5.93. The molecule has 1 N–H and O–H groups in total. The van der Waals surface area contributed by atoms with Crippen molar-refractivity contribution in [2.24, 2.45) is 0 Å². The fourth-order valence-corrected chi connectivity index (χ4v) is 3.30. The number of hydrogen-bond acceptors (Lipinski definition) is 3. The molecular weight excluding hydrogens is 376 g/mol. The van der Waals surface area contributed by atoms with Crippen molar-refractivity contribution in [3.05, 3.63) is 76.9 Å². The molecule has 0 bridgehead atoms. The first-order chi connectivity index (χ1) is 13.6. The van der Waals surface area contributed by atoms with Gasteiger partial charge in [-0.25, -0.2) is 0 Å². The van der Waals surface area contributed by atoms with Gasteiger partial charge in [0.15, 0.2) is 0 Å². The topological polar surface area (TPSA) is 67.2 Å². The van der Waals surface area contributed by atoms with Gasteiger partial charge < -0.3 is 10.2 Å². The largest absolute Gasteiger partial charge is 0.350 e. The van der Waals surface area contributed by atoms with Crippen molar-refractivity contribution >= 4 is 23.4 Å². The molecule has 3 aromatic rings. The number of halogens is 1. The second-order valence-electron chi connectivity index (χ2n) is 6.63. The van der Waals surface area contributed by atoms with Crippen molar-refractivity contribution in [3.8, 4) is 11.3 Å². The van der Waals surface area contributed by atoms with E-state index in [1.807, 2.05) is 42.5 Å². The van der Waals surface area contributed by atoms with Gasteiger partial charge >= 0.3 is 0 Å². The molecule has 142 valence electrons. The van der Waals surface area contributed by atoms with E-state index in [0.717, 1.165) is 16.8 Å². The zero-order chi connectivity index (χ0) is 19.5. The molecule has 6 nitrogen and oxygen atoms in total. The highest BCUT2D eigenvalue weighted by Gasteiger charge is 2.28. The summed E-state index contributed by atoms with van der Waals surface area (Å²) in [5, 5.41) is 8.03. The molecule has 1 aliphatic heterocycles. The third-order valence-electron chi connectivity index (χ3n) is 4.67. The number of amides is 2. The Kier molecular flexibility index (Phi) is 5.12. The van der Waals surface area contributed by atoms with Gasteiger partial charge in [-0.15, -0.1) is 0 Å². The number of hydrogen-bond donors (Lipinski definition) is 1. The molecule has 2 heterocycles. The molecule has 7 heteroatoms. The van der Waals surface area contributed by atoms with E-state index in [2.05, 4.69) is 10.4 Å². The molecule has 4 rings (SSSR count). The highest BCUT2D eigenvalue weighted by atomic mass is 35.5. The van der Waals surface area contributed by atoms with Crippen LogP contribution in [0.4, 0.5) is 0 Å². The van der Waals surface area contributed by atoms with Crippen molar-refractivity contribution in [2.45, 2.75) is 13.1 Å². The Hall–Kier alpha value is -3.12. The second-order valence-corrected chi connectivity index (χ2v) is 7.07. The maximum Gasteiger partial charge on any atom is 0.272 e. The molecule has 0 unspecified atom stereocenters. The van der Waals surface area contributed by atoms with Gasteiger partial charge in [0.05, 0.1) is 18.8 Å². The van der Waals surface area contributed by atoms with Gasteiger partial charge in [0, 0.05) is 23.7 Å². The lowest BCUT2D eigenvalue weighted by atomic mass is 10.1. The highest BCUT2D eigenvalue weighted by molar-refractivity contribution is 6.30. The van der Waals surface area contributed by atoms with Gasteiger partial charge in [0.2, 0.25) is 5.91 Å². The minimum Gasteiger partial charge on any atom is -0.350 e. The molecule has 0 aliphatic carbocycles. The quantitative estimate of drug-likeness (QED) is 0.723. The molecule has 0 saturated heterocycles. The molecule has 1 aliphatic rings. The van der Waals surface area contributed by atoms with Crippen LogP contribution in [0.3, 0.4) is 0 Å². The fraction of sp³-hybridized carbons (Fsp3) is 0.190. The van der Waals surface area contributed by atoms with Crippen molar-refractivity contribution in [1.29, 1.82) is 0 Å². The molecule has 0 atom stereocenters. The monoisotopic (exact) mass is 394 g/mol. The van der Waals surface area contributed by atoms with E-state index in [4.69, 9.17) is 11.6 Å². The summed E-state index contributed by atoms with van der Waals surface area (Å²) in [4.78, 5) is 26.6. The molecule has 28 heavy (non-hydrogen) atoms. The van der Waals surface area contributed by atoms with Crippen LogP contribution in [-0.4, -0.2) is 39.6 Å². The average Bonchev–Trinajstić information content (AvgIpc) is 3.15. The van der Waals surface area contributed by atoms with Gasteiger partial charge in [0.25, 0.3) is 5.91 Å². The molecule has 2 amide bonds. The van der Waals surface area contributed by atoms with Crippen molar-refractivity contribution in [3.63, 3.8) is 0 Å². The molecule has 2 aromatic carbocycles. The number of carbonyl (C=O) groups is 2. The molecule has 0 fully saturated rings. The van der Waals surface area contributed by atoms with Gasteiger partial charge in [0.1, 0.15) is 5.69 Å². The van der Waals surface area contributed by atoms with Crippen LogP contribution in [0, 0.1) is 0 Å². The molecule has 0 spiro atoms. The van der Waals surface area contributed by atoms with E-state index in [1.54, 1.807) is 27.8 Å². The van der Waals surface area contributed by atoms with Crippen molar-refractivity contribution < 1.29 is 9.59 Å². The van der Waals surface area contributed by atoms with Crippen LogP contribution in [0.5, 0.6) is 0 Å². The van der Waals surface area contributed by atoms with Crippen molar-refractivity contribution in [1.82, 2.24) is 20.0 Å². The summed E-state index contributed by atoms with van der Waals surface area (Å²) in [5.41, 5.74) is 3.13. The van der Waals surface area contributed by atoms with E-state index in [9.17, 15) is 9.59 Å². The summed E-state index contributed by atoms with van der Waals surface area (Å²) in [6, 6.07) is 18.8. The number of nitrogens with one attached hydrogen (secondary N) is 1. The smallest absolute Gasteiger partial charge is 0.272 e. The third kappa shape index (κ3) is 3.92. The van der Waals surface area contributed by atoms with Crippen LogP contribution >= 0.6 is 11.6 Å². The zero-order valence-electron chi connectivity index (χ0n) is 15.1. The zero-order valence-corrected chi connectivity index (χ0v) is 15.9. The number of fused-ring (bicyclic) bond motifs is 1. The van der Waals surface area contributed by atoms with E-state index in [-0.39, 0.29) is 18.4 Å². The van der Waals surface area contributed by atoms with Crippen LogP contribution in [0.25, 0.3) is 11.3 Å². The predicted octanol–water partition coefficient (Wildman–Crippen LogP) is 2.98. The maximum absolute atomic E-state index is 12.8. The minimum absolute atomic E-state index is 0.0348. The van der Waals surface area contributed by atoms with Crippen LogP contribution in [0.1, 0.15) is 16.1 Å². The number of rotatable bonds is 5. The van der Waals surface area contributed by atoms with E-state index < -0.39 is 0 Å². The standard InChI is InChI=1S/C21H19ClN4O2/c22-17-8-6-16(7-9-17)18-12-19-21(28)25(10-11-26(19)24-18)14-20(27)23-13-15-4-2-1-3-5-15/h1-9,12H,10-11,13-14H2,(H,23,27). The third-order valence-corrected chi connectivity index (χ3v) is 4.93. The minimum atomic E-state index is -0.186. The number of aromatic nitrogens is 2. The summed E-state index contributed by atoms with van der Waals surface area (Å²) in [6.45, 7) is 1.49. The molecule has 1 aromatic heterocycles. The number of nitrogens with zero attached hydrogens (tertiary/aromatic N) is 3. The van der Waals surface area contributed by atoms with Crippen LogP contribution in [0.2, 0.25) is 5.02 Å². The Labute approximate surface area is 167 Å². The van der Waals surface area contributed by atoms with Gasteiger partial charge in [-0.05, 0) is 23.8 Å². The van der Waals surface area contributed by atoms with Crippen LogP contribution in [0.15, 0.2) is 60.7 Å². The van der Waals surface area contributed by atoms with Gasteiger partial charge in [-0.1, -0.05) is 54.1 Å². The second kappa shape index (κ2) is 7.86. The van der Waals surface area contributed by atoms with Crippen molar-refractivity contribution in [2.75, 3.05) is 13.1 Å². The lowest BCUT2D eigenvalue weighted by Gasteiger charge is -2.26. The predicted molar refractivity (Wildman–Crippen MR) is 107 cm³/mol. The van der Waals surface area contributed by atoms with Gasteiger partial charge in [-0.3, -0.25) is 14.3 Å². The Morgan fingerprint density at radius 3 is 2.57 bits per heavy atom. The Morgan fingerprint density at radius 1 is 1.07 bits per heavy atom. The SMILES string of the molecule is O=C(CN1CCn2nc(-c3ccc(Cl)cc3)cc2C1=O)NCc1ccccc1. The normalized spacial score (nSPS) is 13.3.